The first kappa shape index (κ1) is 18.3. The number of carboxylic acids is 1. The lowest BCUT2D eigenvalue weighted by atomic mass is 10.0. The summed E-state index contributed by atoms with van der Waals surface area (Å²) in [6.07, 6.45) is 5.34. The van der Waals surface area contributed by atoms with Crippen LogP contribution in [0, 0.1) is 6.92 Å². The highest BCUT2D eigenvalue weighted by Gasteiger charge is 2.28. The molecule has 0 atom stereocenters. The quantitative estimate of drug-likeness (QED) is 0.745. The topological polar surface area (TPSA) is 88.6 Å². The number of carbonyl (C=O) groups is 2. The van der Waals surface area contributed by atoms with Gasteiger partial charge in [0, 0.05) is 18.5 Å². The van der Waals surface area contributed by atoms with Crippen LogP contribution in [0.3, 0.4) is 0 Å². The Kier molecular flexibility index (Phi) is 4.66. The van der Waals surface area contributed by atoms with Crippen LogP contribution in [0.2, 0.25) is 0 Å². The number of benzene rings is 1. The average molecular weight is 381 g/mol. The third-order valence-electron chi connectivity index (χ3n) is 5.65. The number of likely N-dealkylation sites (tertiary alicyclic amines) is 1. The van der Waals surface area contributed by atoms with Crippen molar-refractivity contribution < 1.29 is 19.1 Å². The Hall–Kier alpha value is -3.09. The molecule has 4 rings (SSSR count). The third-order valence-corrected chi connectivity index (χ3v) is 5.65. The molecule has 7 heteroatoms. The number of rotatable bonds is 4. The second kappa shape index (κ2) is 7.14. The number of piperidine rings is 1. The number of aromatic nitrogens is 2. The maximum Gasteiger partial charge on any atom is 0.339 e. The molecular formula is C21H23N3O4. The molecule has 7 nitrogen and oxygen atoms in total. The molecule has 3 heterocycles. The Morgan fingerprint density at radius 3 is 2.64 bits per heavy atom. The Bertz CT molecular complexity index is 1040. The molecule has 2 aromatic heterocycles. The lowest BCUT2D eigenvalue weighted by molar-refractivity contribution is 0.0689. The van der Waals surface area contributed by atoms with E-state index in [-0.39, 0.29) is 17.5 Å². The molecular weight excluding hydrogens is 358 g/mol. The number of hydrogen-bond donors (Lipinski definition) is 1. The molecule has 1 aromatic carbocycles. The summed E-state index contributed by atoms with van der Waals surface area (Å²) < 4.78 is 7.36. The van der Waals surface area contributed by atoms with Gasteiger partial charge in [-0.2, -0.15) is 5.10 Å². The van der Waals surface area contributed by atoms with Crippen LogP contribution in [-0.2, 0) is 6.42 Å². The van der Waals surface area contributed by atoms with Gasteiger partial charge in [0.05, 0.1) is 23.5 Å². The molecule has 1 N–H and O–H groups in total. The summed E-state index contributed by atoms with van der Waals surface area (Å²) in [4.78, 5) is 26.1. The zero-order valence-electron chi connectivity index (χ0n) is 16.0. The molecule has 1 fully saturated rings. The minimum absolute atomic E-state index is 0.0196. The van der Waals surface area contributed by atoms with Crippen molar-refractivity contribution in [2.45, 2.75) is 39.2 Å². The summed E-state index contributed by atoms with van der Waals surface area (Å²) in [5, 5.41) is 14.3. The van der Waals surface area contributed by atoms with Gasteiger partial charge in [-0.3, -0.25) is 9.48 Å². The first-order chi connectivity index (χ1) is 13.5. The molecule has 0 saturated carbocycles. The van der Waals surface area contributed by atoms with E-state index in [2.05, 4.69) is 12.0 Å². The predicted molar refractivity (Wildman–Crippen MR) is 104 cm³/mol. The fourth-order valence-electron chi connectivity index (χ4n) is 3.95. The normalized spacial score (nSPS) is 15.3. The molecule has 1 aliphatic heterocycles. The van der Waals surface area contributed by atoms with Crippen LogP contribution in [-0.4, -0.2) is 44.8 Å². The Morgan fingerprint density at radius 1 is 1.25 bits per heavy atom. The van der Waals surface area contributed by atoms with Gasteiger partial charge in [-0.25, -0.2) is 4.79 Å². The summed E-state index contributed by atoms with van der Waals surface area (Å²) in [6, 6.07) is 6.06. The van der Waals surface area contributed by atoms with E-state index in [4.69, 9.17) is 4.42 Å². The van der Waals surface area contributed by atoms with Crippen LogP contribution < -0.4 is 0 Å². The van der Waals surface area contributed by atoms with Crippen molar-refractivity contribution in [3.05, 3.63) is 53.0 Å². The number of hydrogen-bond acceptors (Lipinski definition) is 4. The van der Waals surface area contributed by atoms with Gasteiger partial charge in [-0.05, 0) is 43.9 Å². The number of aromatic carboxylic acids is 1. The number of nitrogens with zero attached hydrogens (tertiary/aromatic N) is 3. The molecule has 3 aromatic rings. The summed E-state index contributed by atoms with van der Waals surface area (Å²) in [5.41, 5.74) is 3.39. The molecule has 0 unspecified atom stereocenters. The smallest absolute Gasteiger partial charge is 0.339 e. The van der Waals surface area contributed by atoms with E-state index < -0.39 is 5.97 Å². The monoisotopic (exact) mass is 381 g/mol. The van der Waals surface area contributed by atoms with E-state index in [0.717, 1.165) is 30.2 Å². The van der Waals surface area contributed by atoms with Crippen LogP contribution in [0.25, 0.3) is 11.0 Å². The van der Waals surface area contributed by atoms with Gasteiger partial charge in [-0.1, -0.05) is 13.0 Å². The predicted octanol–water partition coefficient (Wildman–Crippen LogP) is 3.68. The van der Waals surface area contributed by atoms with Crippen LogP contribution in [0.15, 0.2) is 35.1 Å². The fraction of sp³-hybridized carbons (Fsp3) is 0.381. The highest BCUT2D eigenvalue weighted by Crippen LogP contribution is 2.28. The summed E-state index contributed by atoms with van der Waals surface area (Å²) >= 11 is 0. The number of amides is 1. The molecule has 1 saturated heterocycles. The zero-order chi connectivity index (χ0) is 19.8. The van der Waals surface area contributed by atoms with Gasteiger partial charge in [-0.15, -0.1) is 0 Å². The first-order valence-corrected chi connectivity index (χ1v) is 9.56. The van der Waals surface area contributed by atoms with Crippen molar-refractivity contribution in [3.63, 3.8) is 0 Å². The van der Waals surface area contributed by atoms with Gasteiger partial charge in [0.15, 0.2) is 0 Å². The van der Waals surface area contributed by atoms with Crippen molar-refractivity contribution in [1.82, 2.24) is 14.7 Å². The number of fused-ring (bicyclic) bond motifs is 1. The maximum absolute atomic E-state index is 13.0. The summed E-state index contributed by atoms with van der Waals surface area (Å²) in [6.45, 7) is 5.06. The van der Waals surface area contributed by atoms with Crippen molar-refractivity contribution >= 4 is 22.8 Å². The average Bonchev–Trinajstić information content (AvgIpc) is 3.30. The van der Waals surface area contributed by atoms with E-state index in [1.807, 2.05) is 23.1 Å². The standard InChI is InChI=1S/C21H23N3O4/c1-3-14-4-5-19-16(10-14)18(12-28-19)20(25)23-8-6-15(7-9-23)24-13(2)17(11-22-24)21(26)27/h4-5,10-12,15H,3,6-9H2,1-2H3,(H,26,27). The largest absolute Gasteiger partial charge is 0.478 e. The van der Waals surface area contributed by atoms with Gasteiger partial charge < -0.3 is 14.4 Å². The van der Waals surface area contributed by atoms with E-state index >= 15 is 0 Å². The van der Waals surface area contributed by atoms with Crippen LogP contribution >= 0.6 is 0 Å². The Labute approximate surface area is 162 Å². The van der Waals surface area contributed by atoms with E-state index in [0.29, 0.717) is 24.3 Å². The van der Waals surface area contributed by atoms with E-state index in [1.165, 1.54) is 11.8 Å². The molecule has 0 spiro atoms. The maximum atomic E-state index is 13.0. The fourth-order valence-corrected chi connectivity index (χ4v) is 3.95. The summed E-state index contributed by atoms with van der Waals surface area (Å²) in [5.74, 6) is -0.983. The molecule has 1 amide bonds. The van der Waals surface area contributed by atoms with Gasteiger partial charge in [0.2, 0.25) is 0 Å². The molecule has 0 radical (unpaired) electrons. The minimum atomic E-state index is -0.963. The first-order valence-electron chi connectivity index (χ1n) is 9.56. The number of carbonyl (C=O) groups excluding carboxylic acids is 1. The molecule has 0 aliphatic carbocycles. The van der Waals surface area contributed by atoms with Crippen LogP contribution in [0.5, 0.6) is 0 Å². The van der Waals surface area contributed by atoms with E-state index in [1.54, 1.807) is 17.9 Å². The minimum Gasteiger partial charge on any atom is -0.478 e. The molecule has 28 heavy (non-hydrogen) atoms. The zero-order valence-corrected chi connectivity index (χ0v) is 16.0. The SMILES string of the molecule is CCc1ccc2occ(C(=O)N3CCC(n4ncc(C(=O)O)c4C)CC3)c2c1. The number of furan rings is 1. The number of aryl methyl sites for hydroxylation is 1. The van der Waals surface area contributed by atoms with Crippen molar-refractivity contribution in [1.29, 1.82) is 0 Å². The second-order valence-electron chi connectivity index (χ2n) is 7.25. The Balaban J connectivity index is 1.50. The van der Waals surface area contributed by atoms with Gasteiger partial charge >= 0.3 is 5.97 Å². The number of carboxylic acid groups (broad SMARTS) is 1. The van der Waals surface area contributed by atoms with Crippen molar-refractivity contribution in [3.8, 4) is 0 Å². The Morgan fingerprint density at radius 2 is 2.00 bits per heavy atom. The molecule has 146 valence electrons. The highest BCUT2D eigenvalue weighted by atomic mass is 16.4. The van der Waals surface area contributed by atoms with E-state index in [9.17, 15) is 14.7 Å². The van der Waals surface area contributed by atoms with Crippen molar-refractivity contribution in [2.24, 2.45) is 0 Å². The van der Waals surface area contributed by atoms with Crippen LogP contribution in [0.4, 0.5) is 0 Å². The highest BCUT2D eigenvalue weighted by molar-refractivity contribution is 6.06. The van der Waals surface area contributed by atoms with Crippen LogP contribution in [0.1, 0.15) is 57.8 Å². The molecule has 1 aliphatic rings. The second-order valence-corrected chi connectivity index (χ2v) is 7.25. The third kappa shape index (κ3) is 3.06. The van der Waals surface area contributed by atoms with Gasteiger partial charge in [0.25, 0.3) is 5.91 Å². The van der Waals surface area contributed by atoms with Crippen molar-refractivity contribution in [2.75, 3.05) is 13.1 Å². The van der Waals surface area contributed by atoms with Gasteiger partial charge in [0.1, 0.15) is 17.4 Å². The lowest BCUT2D eigenvalue weighted by Crippen LogP contribution is -2.39. The summed E-state index contributed by atoms with van der Waals surface area (Å²) in [7, 11) is 0. The lowest BCUT2D eigenvalue weighted by Gasteiger charge is -2.32. The molecule has 0 bridgehead atoms.